The van der Waals surface area contributed by atoms with Crippen LogP contribution in [0.1, 0.15) is 16.7 Å². The van der Waals surface area contributed by atoms with E-state index < -0.39 is 37.7 Å². The molecule has 0 saturated heterocycles. The van der Waals surface area contributed by atoms with Crippen LogP contribution in [-0.4, -0.2) is 42.0 Å². The number of amides is 2. The summed E-state index contributed by atoms with van der Waals surface area (Å²) < 4.78 is 19.1. The Labute approximate surface area is 175 Å². The Morgan fingerprint density at radius 1 is 1.27 bits per heavy atom. The molecule has 0 heterocycles. The summed E-state index contributed by atoms with van der Waals surface area (Å²) >= 11 is 0. The van der Waals surface area contributed by atoms with Crippen LogP contribution in [0.2, 0.25) is 0 Å². The summed E-state index contributed by atoms with van der Waals surface area (Å²) in [7, 11) is -2.11. The molecule has 0 saturated carbocycles. The molecule has 2 aromatic carbocycles. The van der Waals surface area contributed by atoms with Crippen molar-refractivity contribution < 1.29 is 28.7 Å². The van der Waals surface area contributed by atoms with Crippen molar-refractivity contribution in [2.45, 2.75) is 26.5 Å². The van der Waals surface area contributed by atoms with Crippen LogP contribution in [-0.2, 0) is 20.7 Å². The van der Waals surface area contributed by atoms with E-state index in [1.54, 1.807) is 0 Å². The zero-order valence-electron chi connectivity index (χ0n) is 16.8. The van der Waals surface area contributed by atoms with E-state index in [2.05, 4.69) is 11.9 Å². The van der Waals surface area contributed by atoms with Gasteiger partial charge in [-0.3, -0.25) is 14.5 Å². The molecule has 7 nitrogen and oxygen atoms in total. The maximum absolute atomic E-state index is 14.1. The van der Waals surface area contributed by atoms with Gasteiger partial charge in [-0.2, -0.15) is 0 Å². The number of rotatable bonds is 9. The molecule has 0 bridgehead atoms. The molecule has 3 N–H and O–H groups in total. The van der Waals surface area contributed by atoms with Crippen LogP contribution in [0.5, 0.6) is 0 Å². The topological polar surface area (TPSA) is 99.1 Å². The molecular weight excluding hydrogens is 390 g/mol. The van der Waals surface area contributed by atoms with E-state index in [0.717, 1.165) is 27.7 Å². The van der Waals surface area contributed by atoms with Gasteiger partial charge in [0, 0.05) is 6.42 Å². The quantitative estimate of drug-likeness (QED) is 0.329. The van der Waals surface area contributed by atoms with Crippen LogP contribution in [0.4, 0.5) is 10.1 Å². The molecule has 2 aromatic rings. The summed E-state index contributed by atoms with van der Waals surface area (Å²) in [6.07, 6.45) is 0.0472. The summed E-state index contributed by atoms with van der Waals surface area (Å²) in [5, 5.41) is 20.9. The minimum absolute atomic E-state index is 0.0772. The number of nitrogens with one attached hydrogen (secondary N) is 1. The average molecular weight is 414 g/mol. The summed E-state index contributed by atoms with van der Waals surface area (Å²) in [5.74, 6) is -2.01. The molecule has 2 rings (SSSR count). The first-order chi connectivity index (χ1) is 14.2. The maximum Gasteiger partial charge on any atom is 0.635 e. The largest absolute Gasteiger partial charge is 0.635 e. The molecule has 0 aromatic heterocycles. The van der Waals surface area contributed by atoms with Crippen LogP contribution < -0.4 is 10.2 Å². The zero-order chi connectivity index (χ0) is 22.3. The Hall–Kier alpha value is -3.01. The lowest BCUT2D eigenvalue weighted by Gasteiger charge is -2.24. The van der Waals surface area contributed by atoms with E-state index in [9.17, 15) is 24.0 Å². The first kappa shape index (κ1) is 23.3. The van der Waals surface area contributed by atoms with Gasteiger partial charge in [0.25, 0.3) is 5.91 Å². The van der Waals surface area contributed by atoms with Crippen molar-refractivity contribution in [1.82, 2.24) is 5.32 Å². The van der Waals surface area contributed by atoms with E-state index in [-0.39, 0.29) is 12.1 Å². The van der Waals surface area contributed by atoms with Gasteiger partial charge in [-0.1, -0.05) is 42.5 Å². The fraction of sp³-hybridized carbons (Fsp3) is 0.238. The van der Waals surface area contributed by atoms with Crippen molar-refractivity contribution in [2.24, 2.45) is 0 Å². The minimum Gasteiger partial charge on any atom is -0.402 e. The molecule has 0 radical (unpaired) electrons. The minimum atomic E-state index is -2.11. The lowest BCUT2D eigenvalue weighted by atomic mass is 10.0. The summed E-state index contributed by atoms with van der Waals surface area (Å²) in [6, 6.07) is 11.2. The highest BCUT2D eigenvalue weighted by atomic mass is 19.1. The second-order valence-electron chi connectivity index (χ2n) is 6.73. The van der Waals surface area contributed by atoms with Crippen molar-refractivity contribution in [2.75, 3.05) is 11.4 Å². The van der Waals surface area contributed by atoms with Gasteiger partial charge >= 0.3 is 7.32 Å². The fourth-order valence-electron chi connectivity index (χ4n) is 2.99. The molecule has 0 aliphatic carbocycles. The smallest absolute Gasteiger partial charge is 0.402 e. The number of halogens is 1. The maximum atomic E-state index is 14.1. The van der Waals surface area contributed by atoms with E-state index in [0.29, 0.717) is 0 Å². The number of aryl methyl sites for hydroxylation is 2. The standard InChI is InChI=1S/C21H24BFN2O5/c1-4-21(27)25(18-8-6-5-7-17(18)23)13-19(26)24-20(30-22(28)29)12-16-10-9-14(2)11-15(16)3/h4-11,20,28-29H,1,12-13H2,2-3H3,(H,24,26)/t20-/m1/s1. The Kier molecular flexibility index (Phi) is 8.29. The average Bonchev–Trinajstić information content (AvgIpc) is 2.68. The molecule has 2 amide bonds. The third-order valence-electron chi connectivity index (χ3n) is 4.40. The third kappa shape index (κ3) is 6.52. The van der Waals surface area contributed by atoms with Crippen LogP contribution in [0, 0.1) is 19.7 Å². The van der Waals surface area contributed by atoms with Crippen molar-refractivity contribution in [1.29, 1.82) is 0 Å². The van der Waals surface area contributed by atoms with Crippen LogP contribution >= 0.6 is 0 Å². The number of anilines is 1. The van der Waals surface area contributed by atoms with Gasteiger partial charge in [-0.05, 0) is 43.2 Å². The van der Waals surface area contributed by atoms with E-state index in [4.69, 9.17) is 4.65 Å². The van der Waals surface area contributed by atoms with Gasteiger partial charge in [-0.25, -0.2) is 4.39 Å². The number of carbonyl (C=O) groups is 2. The molecule has 0 aliphatic rings. The number of benzene rings is 2. The number of hydrogen-bond donors (Lipinski definition) is 3. The van der Waals surface area contributed by atoms with Gasteiger partial charge < -0.3 is 20.0 Å². The monoisotopic (exact) mass is 414 g/mol. The van der Waals surface area contributed by atoms with Gasteiger partial charge in [0.1, 0.15) is 18.6 Å². The van der Waals surface area contributed by atoms with Gasteiger partial charge in [0.2, 0.25) is 5.91 Å². The van der Waals surface area contributed by atoms with Crippen molar-refractivity contribution in [3.63, 3.8) is 0 Å². The van der Waals surface area contributed by atoms with Crippen molar-refractivity contribution in [3.05, 3.63) is 77.6 Å². The first-order valence-corrected chi connectivity index (χ1v) is 9.26. The van der Waals surface area contributed by atoms with Crippen LogP contribution in [0.3, 0.4) is 0 Å². The van der Waals surface area contributed by atoms with Crippen molar-refractivity contribution in [3.8, 4) is 0 Å². The highest BCUT2D eigenvalue weighted by Crippen LogP contribution is 2.19. The van der Waals surface area contributed by atoms with Gasteiger partial charge in [-0.15, -0.1) is 0 Å². The SMILES string of the molecule is C=CC(=O)N(CC(=O)N[C@@H](Cc1ccc(C)cc1C)OB(O)O)c1ccccc1F. The summed E-state index contributed by atoms with van der Waals surface area (Å²) in [4.78, 5) is 25.7. The Morgan fingerprint density at radius 3 is 2.57 bits per heavy atom. The molecule has 0 spiro atoms. The summed E-state index contributed by atoms with van der Waals surface area (Å²) in [5.41, 5.74) is 2.76. The number of para-hydroxylation sites is 1. The van der Waals surface area contributed by atoms with Crippen LogP contribution in [0.15, 0.2) is 55.1 Å². The lowest BCUT2D eigenvalue weighted by molar-refractivity contribution is -0.124. The molecule has 0 unspecified atom stereocenters. The Bertz CT molecular complexity index is 922. The van der Waals surface area contributed by atoms with E-state index in [1.807, 2.05) is 32.0 Å². The van der Waals surface area contributed by atoms with Crippen molar-refractivity contribution >= 4 is 24.8 Å². The van der Waals surface area contributed by atoms with E-state index in [1.165, 1.54) is 24.3 Å². The number of hydrogen-bond acceptors (Lipinski definition) is 5. The molecule has 0 aliphatic heterocycles. The molecule has 1 atom stereocenters. The number of nitrogens with zero attached hydrogens (tertiary/aromatic N) is 1. The zero-order valence-corrected chi connectivity index (χ0v) is 16.8. The highest BCUT2D eigenvalue weighted by molar-refractivity contribution is 6.32. The second-order valence-corrected chi connectivity index (χ2v) is 6.73. The number of carbonyl (C=O) groups excluding carboxylic acids is 2. The van der Waals surface area contributed by atoms with Gasteiger partial charge in [0.05, 0.1) is 5.69 Å². The molecule has 0 fully saturated rings. The lowest BCUT2D eigenvalue weighted by Crippen LogP contribution is -2.47. The molecule has 9 heteroatoms. The normalized spacial score (nSPS) is 11.5. The first-order valence-electron chi connectivity index (χ1n) is 9.26. The highest BCUT2D eigenvalue weighted by Gasteiger charge is 2.24. The molecule has 30 heavy (non-hydrogen) atoms. The molecular formula is C21H24BFN2O5. The van der Waals surface area contributed by atoms with Gasteiger partial charge in [0.15, 0.2) is 0 Å². The predicted octanol–water partition coefficient (Wildman–Crippen LogP) is 1.63. The molecule has 158 valence electrons. The fourth-order valence-corrected chi connectivity index (χ4v) is 2.99. The summed E-state index contributed by atoms with van der Waals surface area (Å²) in [6.45, 7) is 6.70. The third-order valence-corrected chi connectivity index (χ3v) is 4.40. The predicted molar refractivity (Wildman–Crippen MR) is 112 cm³/mol. The Morgan fingerprint density at radius 2 is 1.97 bits per heavy atom. The van der Waals surface area contributed by atoms with Crippen LogP contribution in [0.25, 0.3) is 0 Å². The Balaban J connectivity index is 2.17. The van der Waals surface area contributed by atoms with E-state index >= 15 is 0 Å². The second kappa shape index (κ2) is 10.7.